The summed E-state index contributed by atoms with van der Waals surface area (Å²) in [6, 6.07) is 9.00. The summed E-state index contributed by atoms with van der Waals surface area (Å²) < 4.78 is 0. The lowest BCUT2D eigenvalue weighted by Crippen LogP contribution is -2.41. The molecule has 16 heavy (non-hydrogen) atoms. The predicted molar refractivity (Wildman–Crippen MR) is 70.3 cm³/mol. The maximum atomic E-state index is 5.82. The minimum absolute atomic E-state index is 0.458. The molecule has 1 atom stereocenters. The Labute approximate surface area is 99.5 Å². The number of hydrogen-bond acceptors (Lipinski definition) is 2. The third-order valence-electron chi connectivity index (χ3n) is 3.26. The summed E-state index contributed by atoms with van der Waals surface area (Å²) in [7, 11) is 2.16. The van der Waals surface area contributed by atoms with Crippen LogP contribution >= 0.6 is 0 Å². The summed E-state index contributed by atoms with van der Waals surface area (Å²) >= 11 is 0. The van der Waals surface area contributed by atoms with Gasteiger partial charge in [0.1, 0.15) is 0 Å². The lowest BCUT2D eigenvalue weighted by atomic mass is 10.0. The SMILES string of the molecule is Cc1ccccc1CN(C)C(CN)C(C)C. The normalized spacial score (nSPS) is 13.4. The highest BCUT2D eigenvalue weighted by Gasteiger charge is 2.17. The molecule has 0 saturated carbocycles. The molecule has 1 unspecified atom stereocenters. The van der Waals surface area contributed by atoms with Crippen LogP contribution in [0.1, 0.15) is 25.0 Å². The molecule has 0 aromatic heterocycles. The van der Waals surface area contributed by atoms with E-state index in [2.05, 4.69) is 57.0 Å². The van der Waals surface area contributed by atoms with Gasteiger partial charge in [0, 0.05) is 19.1 Å². The van der Waals surface area contributed by atoms with Crippen LogP contribution in [0, 0.1) is 12.8 Å². The topological polar surface area (TPSA) is 29.3 Å². The maximum absolute atomic E-state index is 5.82. The first kappa shape index (κ1) is 13.2. The lowest BCUT2D eigenvalue weighted by molar-refractivity contribution is 0.189. The molecule has 0 heterocycles. The molecule has 0 fully saturated rings. The van der Waals surface area contributed by atoms with Crippen molar-refractivity contribution in [2.75, 3.05) is 13.6 Å². The maximum Gasteiger partial charge on any atom is 0.0241 e. The monoisotopic (exact) mass is 220 g/mol. The van der Waals surface area contributed by atoms with E-state index < -0.39 is 0 Å². The van der Waals surface area contributed by atoms with Crippen LogP contribution in [-0.4, -0.2) is 24.5 Å². The van der Waals surface area contributed by atoms with E-state index in [4.69, 9.17) is 5.73 Å². The molecule has 0 bridgehead atoms. The van der Waals surface area contributed by atoms with Crippen molar-refractivity contribution >= 4 is 0 Å². The zero-order chi connectivity index (χ0) is 12.1. The molecule has 1 rings (SSSR count). The van der Waals surface area contributed by atoms with Crippen molar-refractivity contribution in [3.8, 4) is 0 Å². The van der Waals surface area contributed by atoms with Crippen LogP contribution < -0.4 is 5.73 Å². The van der Waals surface area contributed by atoms with Gasteiger partial charge in [-0.25, -0.2) is 0 Å². The highest BCUT2D eigenvalue weighted by molar-refractivity contribution is 5.25. The van der Waals surface area contributed by atoms with Crippen molar-refractivity contribution in [2.24, 2.45) is 11.7 Å². The number of likely N-dealkylation sites (N-methyl/N-ethyl adjacent to an activating group) is 1. The first-order valence-corrected chi connectivity index (χ1v) is 6.01. The Morgan fingerprint density at radius 1 is 1.25 bits per heavy atom. The van der Waals surface area contributed by atoms with Gasteiger partial charge in [0.25, 0.3) is 0 Å². The molecule has 2 nitrogen and oxygen atoms in total. The molecule has 0 amide bonds. The van der Waals surface area contributed by atoms with E-state index in [1.807, 2.05) is 0 Å². The number of benzene rings is 1. The molecule has 1 aromatic carbocycles. The Kier molecular flexibility index (Phi) is 4.97. The largest absolute Gasteiger partial charge is 0.329 e. The fourth-order valence-electron chi connectivity index (χ4n) is 2.13. The number of rotatable bonds is 5. The predicted octanol–water partition coefficient (Wildman–Crippen LogP) is 2.41. The molecule has 2 heteroatoms. The molecular weight excluding hydrogens is 196 g/mol. The van der Waals surface area contributed by atoms with Gasteiger partial charge in [0.2, 0.25) is 0 Å². The van der Waals surface area contributed by atoms with E-state index in [0.717, 1.165) is 13.1 Å². The molecular formula is C14H24N2. The summed E-state index contributed by atoms with van der Waals surface area (Å²) in [5, 5.41) is 0. The Morgan fingerprint density at radius 2 is 1.88 bits per heavy atom. The van der Waals surface area contributed by atoms with Crippen molar-refractivity contribution in [3.63, 3.8) is 0 Å². The third kappa shape index (κ3) is 3.32. The van der Waals surface area contributed by atoms with Gasteiger partial charge in [-0.15, -0.1) is 0 Å². The molecule has 0 aliphatic heterocycles. The van der Waals surface area contributed by atoms with Gasteiger partial charge in [-0.1, -0.05) is 38.1 Å². The summed E-state index contributed by atoms with van der Waals surface area (Å²) in [6.45, 7) is 8.32. The molecule has 0 saturated heterocycles. The average Bonchev–Trinajstić information content (AvgIpc) is 2.22. The van der Waals surface area contributed by atoms with Crippen molar-refractivity contribution in [1.82, 2.24) is 4.90 Å². The molecule has 1 aromatic rings. The fraction of sp³-hybridized carbons (Fsp3) is 0.571. The quantitative estimate of drug-likeness (QED) is 0.825. The summed E-state index contributed by atoms with van der Waals surface area (Å²) in [6.07, 6.45) is 0. The number of nitrogens with zero attached hydrogens (tertiary/aromatic N) is 1. The van der Waals surface area contributed by atoms with Crippen LogP contribution in [0.25, 0.3) is 0 Å². The summed E-state index contributed by atoms with van der Waals surface area (Å²) in [5.74, 6) is 0.596. The second-order valence-electron chi connectivity index (χ2n) is 4.89. The Bertz CT molecular complexity index is 320. The Morgan fingerprint density at radius 3 is 2.38 bits per heavy atom. The van der Waals surface area contributed by atoms with E-state index in [1.54, 1.807) is 0 Å². The van der Waals surface area contributed by atoms with Gasteiger partial charge in [0.05, 0.1) is 0 Å². The van der Waals surface area contributed by atoms with Crippen LogP contribution in [-0.2, 0) is 6.54 Å². The van der Waals surface area contributed by atoms with Gasteiger partial charge in [-0.2, -0.15) is 0 Å². The van der Waals surface area contributed by atoms with Crippen molar-refractivity contribution in [3.05, 3.63) is 35.4 Å². The number of hydrogen-bond donors (Lipinski definition) is 1. The minimum atomic E-state index is 0.458. The minimum Gasteiger partial charge on any atom is -0.329 e. The number of aryl methyl sites for hydroxylation is 1. The fourth-order valence-corrected chi connectivity index (χ4v) is 2.13. The van der Waals surface area contributed by atoms with Gasteiger partial charge < -0.3 is 5.73 Å². The van der Waals surface area contributed by atoms with E-state index in [1.165, 1.54) is 11.1 Å². The van der Waals surface area contributed by atoms with E-state index in [-0.39, 0.29) is 0 Å². The van der Waals surface area contributed by atoms with Crippen LogP contribution in [0.15, 0.2) is 24.3 Å². The standard InChI is InChI=1S/C14H24N2/c1-11(2)14(9-15)16(4)10-13-8-6-5-7-12(13)3/h5-8,11,14H,9-10,15H2,1-4H3. The van der Waals surface area contributed by atoms with Crippen LogP contribution in [0.3, 0.4) is 0 Å². The summed E-state index contributed by atoms with van der Waals surface area (Å²) in [4.78, 5) is 2.35. The summed E-state index contributed by atoms with van der Waals surface area (Å²) in [5.41, 5.74) is 8.57. The lowest BCUT2D eigenvalue weighted by Gasteiger charge is -2.30. The van der Waals surface area contributed by atoms with Gasteiger partial charge in [0.15, 0.2) is 0 Å². The average molecular weight is 220 g/mol. The Balaban J connectivity index is 2.70. The molecule has 0 spiro atoms. The second-order valence-corrected chi connectivity index (χ2v) is 4.89. The molecule has 0 radical (unpaired) electrons. The van der Waals surface area contributed by atoms with Crippen LogP contribution in [0.4, 0.5) is 0 Å². The first-order chi connectivity index (χ1) is 7.56. The van der Waals surface area contributed by atoms with E-state index in [9.17, 15) is 0 Å². The highest BCUT2D eigenvalue weighted by Crippen LogP contribution is 2.14. The third-order valence-corrected chi connectivity index (χ3v) is 3.26. The zero-order valence-corrected chi connectivity index (χ0v) is 10.9. The molecule has 0 aliphatic rings. The van der Waals surface area contributed by atoms with Gasteiger partial charge in [-0.3, -0.25) is 4.90 Å². The van der Waals surface area contributed by atoms with Crippen LogP contribution in [0.2, 0.25) is 0 Å². The van der Waals surface area contributed by atoms with Crippen molar-refractivity contribution < 1.29 is 0 Å². The van der Waals surface area contributed by atoms with Crippen LogP contribution in [0.5, 0.6) is 0 Å². The first-order valence-electron chi connectivity index (χ1n) is 6.01. The molecule has 90 valence electrons. The molecule has 2 N–H and O–H groups in total. The van der Waals surface area contributed by atoms with E-state index >= 15 is 0 Å². The van der Waals surface area contributed by atoms with Crippen molar-refractivity contribution in [2.45, 2.75) is 33.4 Å². The van der Waals surface area contributed by atoms with Crippen molar-refractivity contribution in [1.29, 1.82) is 0 Å². The zero-order valence-electron chi connectivity index (χ0n) is 10.9. The van der Waals surface area contributed by atoms with Gasteiger partial charge in [-0.05, 0) is 31.0 Å². The highest BCUT2D eigenvalue weighted by atomic mass is 15.1. The molecule has 0 aliphatic carbocycles. The van der Waals surface area contributed by atoms with Gasteiger partial charge >= 0.3 is 0 Å². The number of nitrogens with two attached hydrogens (primary N) is 1. The second kappa shape index (κ2) is 6.02. The van der Waals surface area contributed by atoms with E-state index in [0.29, 0.717) is 12.0 Å². The Hall–Kier alpha value is -0.860. The smallest absolute Gasteiger partial charge is 0.0241 e.